The van der Waals surface area contributed by atoms with Crippen molar-refractivity contribution in [2.45, 2.75) is 31.8 Å². The van der Waals surface area contributed by atoms with Crippen molar-refractivity contribution in [1.29, 1.82) is 0 Å². The van der Waals surface area contributed by atoms with Crippen LogP contribution in [-0.2, 0) is 13.5 Å². The van der Waals surface area contributed by atoms with Gasteiger partial charge in [0.25, 0.3) is 0 Å². The number of unbranched alkanes of at least 4 members (excludes halogenated alkanes) is 1. The number of aromatic nitrogens is 2. The Morgan fingerprint density at radius 1 is 1.22 bits per heavy atom. The number of rotatable bonds is 6. The Bertz CT molecular complexity index is 464. The van der Waals surface area contributed by atoms with Crippen LogP contribution in [0.15, 0.2) is 42.7 Å². The average Bonchev–Trinajstić information content (AvgIpc) is 2.81. The molecule has 18 heavy (non-hydrogen) atoms. The standard InChI is InChI=1S/C15H20N2O/c1-17-12-11-16-15(17)10-6-5-9-14(18)13-7-3-2-4-8-13/h2-4,7-8,11-12,14,18H,5-6,9-10H2,1H3. The first kappa shape index (κ1) is 12.8. The summed E-state index contributed by atoms with van der Waals surface area (Å²) in [7, 11) is 2.02. The van der Waals surface area contributed by atoms with Crippen molar-refractivity contribution >= 4 is 0 Å². The number of aliphatic hydroxyl groups excluding tert-OH is 1. The highest BCUT2D eigenvalue weighted by Crippen LogP contribution is 2.19. The van der Waals surface area contributed by atoms with Gasteiger partial charge in [-0.05, 0) is 18.4 Å². The number of benzene rings is 1. The molecule has 2 aromatic rings. The zero-order chi connectivity index (χ0) is 12.8. The van der Waals surface area contributed by atoms with Crippen LogP contribution in [0.1, 0.15) is 36.8 Å². The van der Waals surface area contributed by atoms with Crippen molar-refractivity contribution in [2.24, 2.45) is 7.05 Å². The number of aliphatic hydroxyl groups is 1. The lowest BCUT2D eigenvalue weighted by Crippen LogP contribution is -2.00. The Morgan fingerprint density at radius 2 is 2.00 bits per heavy atom. The summed E-state index contributed by atoms with van der Waals surface area (Å²) in [5, 5.41) is 10.0. The highest BCUT2D eigenvalue weighted by atomic mass is 16.3. The fourth-order valence-corrected chi connectivity index (χ4v) is 2.10. The van der Waals surface area contributed by atoms with Gasteiger partial charge in [0.2, 0.25) is 0 Å². The molecule has 0 saturated heterocycles. The summed E-state index contributed by atoms with van der Waals surface area (Å²) in [6.45, 7) is 0. The fourth-order valence-electron chi connectivity index (χ4n) is 2.10. The Hall–Kier alpha value is -1.61. The van der Waals surface area contributed by atoms with E-state index in [1.807, 2.05) is 54.3 Å². The van der Waals surface area contributed by atoms with Gasteiger partial charge in [0.15, 0.2) is 0 Å². The molecule has 3 heteroatoms. The molecule has 1 atom stereocenters. The molecule has 1 N–H and O–H groups in total. The van der Waals surface area contributed by atoms with Crippen LogP contribution in [0.2, 0.25) is 0 Å². The lowest BCUT2D eigenvalue weighted by Gasteiger charge is -2.10. The Kier molecular flexibility index (Phi) is 4.53. The molecule has 0 radical (unpaired) electrons. The third-order valence-electron chi connectivity index (χ3n) is 3.23. The number of aryl methyl sites for hydroxylation is 2. The SMILES string of the molecule is Cn1ccnc1CCCCC(O)c1ccccc1. The van der Waals surface area contributed by atoms with E-state index < -0.39 is 0 Å². The van der Waals surface area contributed by atoms with Gasteiger partial charge in [-0.25, -0.2) is 4.98 Å². The fraction of sp³-hybridized carbons (Fsp3) is 0.400. The van der Waals surface area contributed by atoms with E-state index in [4.69, 9.17) is 0 Å². The minimum Gasteiger partial charge on any atom is -0.388 e. The predicted molar refractivity (Wildman–Crippen MR) is 72.2 cm³/mol. The predicted octanol–water partition coefficient (Wildman–Crippen LogP) is 2.87. The maximum atomic E-state index is 10.0. The summed E-state index contributed by atoms with van der Waals surface area (Å²) in [6.07, 6.45) is 7.33. The van der Waals surface area contributed by atoms with Gasteiger partial charge in [-0.1, -0.05) is 36.8 Å². The molecule has 1 aromatic heterocycles. The molecule has 0 saturated carbocycles. The lowest BCUT2D eigenvalue weighted by atomic mass is 10.0. The Morgan fingerprint density at radius 3 is 2.67 bits per heavy atom. The summed E-state index contributed by atoms with van der Waals surface area (Å²) in [5.41, 5.74) is 1.01. The van der Waals surface area contributed by atoms with E-state index in [0.29, 0.717) is 0 Å². The second-order valence-corrected chi connectivity index (χ2v) is 4.63. The quantitative estimate of drug-likeness (QED) is 0.793. The zero-order valence-electron chi connectivity index (χ0n) is 10.8. The maximum absolute atomic E-state index is 10.0. The lowest BCUT2D eigenvalue weighted by molar-refractivity contribution is 0.163. The maximum Gasteiger partial charge on any atom is 0.108 e. The van der Waals surface area contributed by atoms with Crippen molar-refractivity contribution in [3.05, 3.63) is 54.1 Å². The molecule has 96 valence electrons. The van der Waals surface area contributed by atoms with Crippen molar-refractivity contribution in [2.75, 3.05) is 0 Å². The van der Waals surface area contributed by atoms with E-state index in [0.717, 1.165) is 37.1 Å². The third kappa shape index (κ3) is 3.44. The smallest absolute Gasteiger partial charge is 0.108 e. The molecule has 0 amide bonds. The molecule has 1 aromatic carbocycles. The van der Waals surface area contributed by atoms with Crippen LogP contribution in [0.5, 0.6) is 0 Å². The van der Waals surface area contributed by atoms with Gasteiger partial charge in [-0.3, -0.25) is 0 Å². The Labute approximate surface area is 108 Å². The molecule has 0 aliphatic carbocycles. The van der Waals surface area contributed by atoms with Gasteiger partial charge in [-0.2, -0.15) is 0 Å². The van der Waals surface area contributed by atoms with Gasteiger partial charge in [0.1, 0.15) is 5.82 Å². The first-order valence-corrected chi connectivity index (χ1v) is 6.46. The highest BCUT2D eigenvalue weighted by molar-refractivity contribution is 5.17. The van der Waals surface area contributed by atoms with Crippen LogP contribution in [-0.4, -0.2) is 14.7 Å². The van der Waals surface area contributed by atoms with Crippen molar-refractivity contribution < 1.29 is 5.11 Å². The van der Waals surface area contributed by atoms with Gasteiger partial charge >= 0.3 is 0 Å². The molecule has 1 heterocycles. The number of hydrogen-bond donors (Lipinski definition) is 1. The van der Waals surface area contributed by atoms with Crippen molar-refractivity contribution in [3.63, 3.8) is 0 Å². The molecule has 0 spiro atoms. The van der Waals surface area contributed by atoms with Gasteiger partial charge in [0.05, 0.1) is 6.10 Å². The summed E-state index contributed by atoms with van der Waals surface area (Å²) in [6, 6.07) is 9.85. The molecular weight excluding hydrogens is 224 g/mol. The first-order valence-electron chi connectivity index (χ1n) is 6.46. The highest BCUT2D eigenvalue weighted by Gasteiger charge is 2.06. The molecule has 0 aliphatic heterocycles. The second-order valence-electron chi connectivity index (χ2n) is 4.63. The van der Waals surface area contributed by atoms with E-state index in [1.165, 1.54) is 0 Å². The molecule has 2 rings (SSSR count). The van der Waals surface area contributed by atoms with Crippen LogP contribution < -0.4 is 0 Å². The van der Waals surface area contributed by atoms with E-state index >= 15 is 0 Å². The van der Waals surface area contributed by atoms with E-state index in [2.05, 4.69) is 4.98 Å². The summed E-state index contributed by atoms with van der Waals surface area (Å²) in [4.78, 5) is 4.29. The molecule has 1 unspecified atom stereocenters. The molecular formula is C15H20N2O. The number of nitrogens with zero attached hydrogens (tertiary/aromatic N) is 2. The van der Waals surface area contributed by atoms with Crippen molar-refractivity contribution in [1.82, 2.24) is 9.55 Å². The summed E-state index contributed by atoms with van der Waals surface area (Å²) in [5.74, 6) is 1.12. The van der Waals surface area contributed by atoms with Crippen LogP contribution in [0.3, 0.4) is 0 Å². The third-order valence-corrected chi connectivity index (χ3v) is 3.23. The largest absolute Gasteiger partial charge is 0.388 e. The number of imidazole rings is 1. The molecule has 0 aliphatic rings. The summed E-state index contributed by atoms with van der Waals surface area (Å²) >= 11 is 0. The van der Waals surface area contributed by atoms with Crippen LogP contribution >= 0.6 is 0 Å². The molecule has 0 bridgehead atoms. The van der Waals surface area contributed by atoms with Gasteiger partial charge < -0.3 is 9.67 Å². The summed E-state index contributed by atoms with van der Waals surface area (Å²) < 4.78 is 2.05. The van der Waals surface area contributed by atoms with Gasteiger partial charge in [-0.15, -0.1) is 0 Å². The first-order chi connectivity index (χ1) is 8.77. The average molecular weight is 244 g/mol. The monoisotopic (exact) mass is 244 g/mol. The minimum atomic E-state index is -0.340. The van der Waals surface area contributed by atoms with Crippen molar-refractivity contribution in [3.8, 4) is 0 Å². The zero-order valence-corrected chi connectivity index (χ0v) is 10.8. The Balaban J connectivity index is 1.71. The van der Waals surface area contributed by atoms with Gasteiger partial charge in [0, 0.05) is 25.9 Å². The van der Waals surface area contributed by atoms with E-state index in [1.54, 1.807) is 0 Å². The van der Waals surface area contributed by atoms with E-state index in [9.17, 15) is 5.11 Å². The van der Waals surface area contributed by atoms with Crippen LogP contribution in [0.4, 0.5) is 0 Å². The normalized spacial score (nSPS) is 12.6. The minimum absolute atomic E-state index is 0.340. The topological polar surface area (TPSA) is 38.0 Å². The molecule has 3 nitrogen and oxygen atoms in total. The second kappa shape index (κ2) is 6.36. The van der Waals surface area contributed by atoms with Crippen LogP contribution in [0, 0.1) is 0 Å². The van der Waals surface area contributed by atoms with E-state index in [-0.39, 0.29) is 6.10 Å². The van der Waals surface area contributed by atoms with Crippen LogP contribution in [0.25, 0.3) is 0 Å². The number of hydrogen-bond acceptors (Lipinski definition) is 2. The molecule has 0 fully saturated rings.